The zero-order valence-electron chi connectivity index (χ0n) is 8.96. The van der Waals surface area contributed by atoms with Crippen LogP contribution in [0.3, 0.4) is 0 Å². The van der Waals surface area contributed by atoms with Crippen molar-refractivity contribution in [1.29, 1.82) is 0 Å². The molecule has 16 heavy (non-hydrogen) atoms. The lowest BCUT2D eigenvalue weighted by Crippen LogP contribution is -1.99. The average molecular weight is 240 g/mol. The van der Waals surface area contributed by atoms with E-state index in [1.165, 1.54) is 10.7 Å². The first kappa shape index (κ1) is 11.0. The Balaban J connectivity index is 2.73. The summed E-state index contributed by atoms with van der Waals surface area (Å²) in [5.74, 6) is 0.0149. The molecule has 0 fully saturated rings. The van der Waals surface area contributed by atoms with Crippen LogP contribution in [0.1, 0.15) is 5.56 Å². The summed E-state index contributed by atoms with van der Waals surface area (Å²) in [7, 11) is 1.72. The van der Waals surface area contributed by atoms with Gasteiger partial charge in [0.05, 0.1) is 11.2 Å². The number of hydrogen-bond donors (Lipinski definition) is 1. The first-order valence-corrected chi connectivity index (χ1v) is 5.12. The molecule has 84 valence electrons. The number of aromatic nitrogens is 2. The van der Waals surface area contributed by atoms with Crippen LogP contribution >= 0.6 is 11.6 Å². The van der Waals surface area contributed by atoms with E-state index < -0.39 is 5.82 Å². The smallest absolute Gasteiger partial charge is 0.142 e. The Bertz CT molecular complexity index is 548. The normalized spacial score (nSPS) is 10.8. The Hall–Kier alpha value is -1.55. The third-order valence-corrected chi connectivity index (χ3v) is 2.93. The highest BCUT2D eigenvalue weighted by Crippen LogP contribution is 2.35. The lowest BCUT2D eigenvalue weighted by atomic mass is 10.0. The van der Waals surface area contributed by atoms with Crippen LogP contribution in [0.4, 0.5) is 10.2 Å². The summed E-state index contributed by atoms with van der Waals surface area (Å²) in [4.78, 5) is 0. The fraction of sp³-hybridized carbons (Fsp3) is 0.182. The second-order valence-corrected chi connectivity index (χ2v) is 4.00. The molecule has 0 aliphatic rings. The summed E-state index contributed by atoms with van der Waals surface area (Å²) < 4.78 is 14.9. The van der Waals surface area contributed by atoms with E-state index in [2.05, 4.69) is 5.10 Å². The molecule has 2 aromatic rings. The molecule has 0 amide bonds. The third-order valence-electron chi connectivity index (χ3n) is 2.56. The Morgan fingerprint density at radius 1 is 1.44 bits per heavy atom. The van der Waals surface area contributed by atoms with Crippen molar-refractivity contribution in [3.63, 3.8) is 0 Å². The van der Waals surface area contributed by atoms with Gasteiger partial charge in [-0.25, -0.2) is 4.39 Å². The fourth-order valence-electron chi connectivity index (χ4n) is 1.62. The van der Waals surface area contributed by atoms with E-state index in [0.29, 0.717) is 16.9 Å². The van der Waals surface area contributed by atoms with Crippen LogP contribution in [0.2, 0.25) is 5.02 Å². The van der Waals surface area contributed by atoms with Crippen LogP contribution in [0.5, 0.6) is 0 Å². The molecule has 0 atom stereocenters. The van der Waals surface area contributed by atoms with Crippen LogP contribution in [0, 0.1) is 12.7 Å². The number of nitrogen functional groups attached to an aromatic ring is 1. The summed E-state index contributed by atoms with van der Waals surface area (Å²) in [6.07, 6.45) is 1.59. The van der Waals surface area contributed by atoms with Crippen molar-refractivity contribution in [2.45, 2.75) is 6.92 Å². The number of nitrogens with two attached hydrogens (primary N) is 1. The molecule has 0 saturated heterocycles. The summed E-state index contributed by atoms with van der Waals surface area (Å²) in [5, 5.41) is 4.10. The molecule has 0 spiro atoms. The summed E-state index contributed by atoms with van der Waals surface area (Å²) in [6, 6.07) is 3.01. The van der Waals surface area contributed by atoms with Gasteiger partial charge in [-0.15, -0.1) is 0 Å². The van der Waals surface area contributed by atoms with Crippen LogP contribution in [-0.2, 0) is 7.05 Å². The van der Waals surface area contributed by atoms with Gasteiger partial charge >= 0.3 is 0 Å². The van der Waals surface area contributed by atoms with Crippen LogP contribution in [0.25, 0.3) is 11.1 Å². The van der Waals surface area contributed by atoms with Crippen LogP contribution < -0.4 is 5.73 Å². The zero-order valence-corrected chi connectivity index (χ0v) is 9.72. The number of anilines is 1. The van der Waals surface area contributed by atoms with Gasteiger partial charge in [-0.3, -0.25) is 4.68 Å². The Labute approximate surface area is 97.6 Å². The van der Waals surface area contributed by atoms with E-state index in [9.17, 15) is 4.39 Å². The van der Waals surface area contributed by atoms with Gasteiger partial charge in [0.15, 0.2) is 0 Å². The first-order chi connectivity index (χ1) is 7.52. The SMILES string of the molecule is Cc1ccc(F)c(Cl)c1-c1cnn(C)c1N. The van der Waals surface area contributed by atoms with Gasteiger partial charge in [-0.1, -0.05) is 17.7 Å². The predicted octanol–water partition coefficient (Wildman–Crippen LogP) is 2.77. The summed E-state index contributed by atoms with van der Waals surface area (Å²) in [6.45, 7) is 1.85. The molecule has 0 aliphatic heterocycles. The van der Waals surface area contributed by atoms with Crippen molar-refractivity contribution in [3.05, 3.63) is 34.7 Å². The molecule has 3 nitrogen and oxygen atoms in total. The highest BCUT2D eigenvalue weighted by Gasteiger charge is 2.16. The molecule has 0 bridgehead atoms. The molecule has 1 aromatic heterocycles. The van der Waals surface area contributed by atoms with Gasteiger partial charge in [0, 0.05) is 18.2 Å². The highest BCUT2D eigenvalue weighted by atomic mass is 35.5. The second kappa shape index (κ2) is 3.79. The maximum Gasteiger partial charge on any atom is 0.142 e. The Kier molecular flexibility index (Phi) is 2.59. The van der Waals surface area contributed by atoms with E-state index in [-0.39, 0.29) is 5.02 Å². The van der Waals surface area contributed by atoms with E-state index >= 15 is 0 Å². The number of halogens is 2. The summed E-state index contributed by atoms with van der Waals surface area (Å²) >= 11 is 5.95. The predicted molar refractivity (Wildman–Crippen MR) is 62.8 cm³/mol. The molecule has 0 radical (unpaired) electrons. The number of rotatable bonds is 1. The minimum Gasteiger partial charge on any atom is -0.383 e. The Morgan fingerprint density at radius 3 is 2.69 bits per heavy atom. The zero-order chi connectivity index (χ0) is 11.9. The number of nitrogens with zero attached hydrogens (tertiary/aromatic N) is 2. The van der Waals surface area contributed by atoms with Crippen molar-refractivity contribution in [3.8, 4) is 11.1 Å². The minimum atomic E-state index is -0.453. The largest absolute Gasteiger partial charge is 0.383 e. The molecular weight excluding hydrogens is 229 g/mol. The molecule has 1 heterocycles. The molecule has 0 aliphatic carbocycles. The molecule has 2 rings (SSSR count). The quantitative estimate of drug-likeness (QED) is 0.832. The van der Waals surface area contributed by atoms with Gasteiger partial charge in [0.1, 0.15) is 11.6 Å². The maximum absolute atomic E-state index is 13.4. The van der Waals surface area contributed by atoms with Crippen LogP contribution in [0.15, 0.2) is 18.3 Å². The van der Waals surface area contributed by atoms with Crippen molar-refractivity contribution >= 4 is 17.4 Å². The molecule has 5 heteroatoms. The average Bonchev–Trinajstić information content (AvgIpc) is 2.56. The van der Waals surface area contributed by atoms with Crippen molar-refractivity contribution in [2.75, 3.05) is 5.73 Å². The maximum atomic E-state index is 13.4. The monoisotopic (exact) mass is 239 g/mol. The van der Waals surface area contributed by atoms with E-state index in [1.807, 2.05) is 6.92 Å². The Morgan fingerprint density at radius 2 is 2.12 bits per heavy atom. The molecular formula is C11H11ClFN3. The lowest BCUT2D eigenvalue weighted by molar-refractivity contribution is 0.628. The van der Waals surface area contributed by atoms with Gasteiger partial charge in [-0.05, 0) is 18.6 Å². The molecule has 2 N–H and O–H groups in total. The van der Waals surface area contributed by atoms with Crippen molar-refractivity contribution < 1.29 is 4.39 Å². The molecule has 0 unspecified atom stereocenters. The van der Waals surface area contributed by atoms with Crippen molar-refractivity contribution in [1.82, 2.24) is 9.78 Å². The van der Waals surface area contributed by atoms with Gasteiger partial charge in [0.25, 0.3) is 0 Å². The molecule has 1 aromatic carbocycles. The number of benzene rings is 1. The third kappa shape index (κ3) is 1.55. The van der Waals surface area contributed by atoms with Crippen molar-refractivity contribution in [2.24, 2.45) is 7.05 Å². The fourth-order valence-corrected chi connectivity index (χ4v) is 1.93. The van der Waals surface area contributed by atoms with E-state index in [0.717, 1.165) is 5.56 Å². The van der Waals surface area contributed by atoms with E-state index in [1.54, 1.807) is 19.3 Å². The second-order valence-electron chi connectivity index (χ2n) is 3.62. The highest BCUT2D eigenvalue weighted by molar-refractivity contribution is 6.33. The first-order valence-electron chi connectivity index (χ1n) is 4.75. The van der Waals surface area contributed by atoms with Gasteiger partial charge in [0.2, 0.25) is 0 Å². The number of aryl methyl sites for hydroxylation is 2. The van der Waals surface area contributed by atoms with Gasteiger partial charge in [-0.2, -0.15) is 5.10 Å². The van der Waals surface area contributed by atoms with E-state index in [4.69, 9.17) is 17.3 Å². The minimum absolute atomic E-state index is 0.0831. The lowest BCUT2D eigenvalue weighted by Gasteiger charge is -2.08. The topological polar surface area (TPSA) is 43.8 Å². The van der Waals surface area contributed by atoms with Gasteiger partial charge < -0.3 is 5.73 Å². The van der Waals surface area contributed by atoms with Crippen LogP contribution in [-0.4, -0.2) is 9.78 Å². The number of hydrogen-bond acceptors (Lipinski definition) is 2. The standard InChI is InChI=1S/C11H11ClFN3/c1-6-3-4-8(13)10(12)9(6)7-5-15-16(2)11(7)14/h3-5H,14H2,1-2H3. The molecule has 0 saturated carbocycles. The summed E-state index contributed by atoms with van der Waals surface area (Å²) in [5.41, 5.74) is 7.97.